The molecule has 0 saturated heterocycles. The fourth-order valence-electron chi connectivity index (χ4n) is 3.38. The Morgan fingerprint density at radius 2 is 2.07 bits per heavy atom. The molecule has 0 unspecified atom stereocenters. The van der Waals surface area contributed by atoms with E-state index in [9.17, 15) is 9.59 Å². The lowest BCUT2D eigenvalue weighted by molar-refractivity contribution is 0.0777. The van der Waals surface area contributed by atoms with Crippen molar-refractivity contribution >= 4 is 39.8 Å². The molecule has 4 rings (SSSR count). The topological polar surface area (TPSA) is 82.2 Å². The maximum Gasteiger partial charge on any atom is 0.267 e. The molecule has 3 aromatic rings. The van der Waals surface area contributed by atoms with E-state index in [0.29, 0.717) is 29.2 Å². The predicted molar refractivity (Wildman–Crippen MR) is 109 cm³/mol. The molecule has 0 saturated carbocycles. The molecular weight excluding hydrogens is 374 g/mol. The van der Waals surface area contributed by atoms with Crippen LogP contribution in [0, 0.1) is 6.92 Å². The van der Waals surface area contributed by atoms with E-state index in [1.807, 2.05) is 36.1 Å². The van der Waals surface area contributed by atoms with Crippen LogP contribution in [0.15, 0.2) is 30.3 Å². The van der Waals surface area contributed by atoms with Gasteiger partial charge in [0, 0.05) is 49.3 Å². The fourth-order valence-corrected chi connectivity index (χ4v) is 4.01. The largest absolute Gasteiger partial charge is 0.355 e. The number of benzene rings is 1. The fraction of sp³-hybridized carbons (Fsp3) is 0.300. The highest BCUT2D eigenvalue weighted by atomic mass is 32.1. The Bertz CT molecular complexity index is 1100. The van der Waals surface area contributed by atoms with E-state index in [-0.39, 0.29) is 11.8 Å². The van der Waals surface area contributed by atoms with Crippen molar-refractivity contribution in [3.63, 3.8) is 0 Å². The Labute approximate surface area is 166 Å². The van der Waals surface area contributed by atoms with Crippen molar-refractivity contribution in [1.82, 2.24) is 24.4 Å². The summed E-state index contributed by atoms with van der Waals surface area (Å²) in [7, 11) is 3.49. The highest BCUT2D eigenvalue weighted by Crippen LogP contribution is 2.26. The monoisotopic (exact) mass is 395 g/mol. The summed E-state index contributed by atoms with van der Waals surface area (Å²) < 4.78 is 3.87. The van der Waals surface area contributed by atoms with Crippen LogP contribution in [0.25, 0.3) is 16.5 Å². The van der Waals surface area contributed by atoms with Crippen molar-refractivity contribution in [1.29, 1.82) is 0 Å². The Morgan fingerprint density at radius 3 is 2.79 bits per heavy atom. The molecule has 8 heteroatoms. The Morgan fingerprint density at radius 1 is 1.25 bits per heavy atom. The number of amides is 2. The average molecular weight is 395 g/mol. The average Bonchev–Trinajstić information content (AvgIpc) is 3.32. The molecule has 0 bridgehead atoms. The van der Waals surface area contributed by atoms with E-state index in [2.05, 4.69) is 20.6 Å². The van der Waals surface area contributed by atoms with Crippen LogP contribution in [0.2, 0.25) is 0 Å². The molecule has 0 atom stereocenters. The summed E-state index contributed by atoms with van der Waals surface area (Å²) in [5, 5.41) is 4.92. The molecule has 1 aromatic carbocycles. The zero-order valence-electron chi connectivity index (χ0n) is 16.0. The molecule has 0 radical (unpaired) electrons. The lowest BCUT2D eigenvalue weighted by Gasteiger charge is -2.26. The van der Waals surface area contributed by atoms with Crippen LogP contribution in [0.4, 0.5) is 0 Å². The molecule has 1 N–H and O–H groups in total. The van der Waals surface area contributed by atoms with Gasteiger partial charge < -0.3 is 14.8 Å². The van der Waals surface area contributed by atoms with Crippen LogP contribution in [0.5, 0.6) is 0 Å². The van der Waals surface area contributed by atoms with Crippen molar-refractivity contribution in [3.8, 4) is 0 Å². The van der Waals surface area contributed by atoms with Crippen LogP contribution in [0.1, 0.15) is 37.8 Å². The van der Waals surface area contributed by atoms with Gasteiger partial charge in [0.15, 0.2) is 0 Å². The minimum Gasteiger partial charge on any atom is -0.355 e. The number of nitrogens with zero attached hydrogens (tertiary/aromatic N) is 4. The van der Waals surface area contributed by atoms with Crippen LogP contribution in [0.3, 0.4) is 0 Å². The molecule has 144 valence electrons. The number of H-pyrrole nitrogens is 1. The van der Waals surface area contributed by atoms with E-state index in [0.717, 1.165) is 40.1 Å². The molecule has 3 heterocycles. The quantitative estimate of drug-likeness (QED) is 0.739. The first-order valence-corrected chi connectivity index (χ1v) is 9.83. The summed E-state index contributed by atoms with van der Waals surface area (Å²) in [5.41, 5.74) is 4.35. The maximum absolute atomic E-state index is 12.8. The van der Waals surface area contributed by atoms with Crippen molar-refractivity contribution < 1.29 is 9.59 Å². The van der Waals surface area contributed by atoms with Gasteiger partial charge in [0.25, 0.3) is 11.8 Å². The minimum atomic E-state index is -0.0214. The third-order valence-electron chi connectivity index (χ3n) is 4.90. The molecule has 1 aliphatic rings. The molecule has 0 fully saturated rings. The Balaban J connectivity index is 1.59. The number of rotatable bonds is 3. The SMILES string of the molecule is Cc1nnsc1C(=O)N1CCC=C(c2cc3cc(C(=O)N(C)C)ccc3[nH]2)C1. The molecule has 28 heavy (non-hydrogen) atoms. The summed E-state index contributed by atoms with van der Waals surface area (Å²) in [6, 6.07) is 7.70. The van der Waals surface area contributed by atoms with Crippen LogP contribution < -0.4 is 0 Å². The second-order valence-electron chi connectivity index (χ2n) is 7.12. The van der Waals surface area contributed by atoms with E-state index in [1.54, 1.807) is 19.0 Å². The maximum atomic E-state index is 12.8. The highest BCUT2D eigenvalue weighted by molar-refractivity contribution is 7.07. The number of carbonyl (C=O) groups is 2. The Hall–Kier alpha value is -3.00. The van der Waals surface area contributed by atoms with Gasteiger partial charge in [0.2, 0.25) is 0 Å². The number of aryl methyl sites for hydroxylation is 1. The predicted octanol–water partition coefficient (Wildman–Crippen LogP) is 2.96. The molecule has 2 amide bonds. The summed E-state index contributed by atoms with van der Waals surface area (Å²) in [5.74, 6) is -0.0417. The van der Waals surface area contributed by atoms with Crippen LogP contribution in [-0.4, -0.2) is 63.4 Å². The summed E-state index contributed by atoms with van der Waals surface area (Å²) in [4.78, 5) is 32.4. The highest BCUT2D eigenvalue weighted by Gasteiger charge is 2.24. The van der Waals surface area contributed by atoms with Crippen LogP contribution >= 0.6 is 11.5 Å². The lowest BCUT2D eigenvalue weighted by Crippen LogP contribution is -2.35. The molecule has 1 aliphatic heterocycles. The molecule has 0 aliphatic carbocycles. The first kappa shape index (κ1) is 18.4. The number of carbonyl (C=O) groups excluding carboxylic acids is 2. The van der Waals surface area contributed by atoms with Crippen molar-refractivity contribution in [2.24, 2.45) is 0 Å². The first-order valence-electron chi connectivity index (χ1n) is 9.06. The van der Waals surface area contributed by atoms with Gasteiger partial charge in [-0.25, -0.2) is 0 Å². The van der Waals surface area contributed by atoms with Gasteiger partial charge in [0.05, 0.1) is 5.69 Å². The number of nitrogens with one attached hydrogen (secondary N) is 1. The van der Waals surface area contributed by atoms with E-state index >= 15 is 0 Å². The third-order valence-corrected chi connectivity index (χ3v) is 5.72. The Kier molecular flexibility index (Phi) is 4.72. The number of aromatic amines is 1. The second-order valence-corrected chi connectivity index (χ2v) is 7.87. The van der Waals surface area contributed by atoms with E-state index in [4.69, 9.17) is 0 Å². The minimum absolute atomic E-state index is 0.0203. The smallest absolute Gasteiger partial charge is 0.267 e. The zero-order chi connectivity index (χ0) is 19.8. The van der Waals surface area contributed by atoms with Crippen molar-refractivity contribution in [2.75, 3.05) is 27.2 Å². The standard InChI is InChI=1S/C20H21N5O2S/c1-12-18(28-23-22-12)20(27)25-8-4-5-14(11-25)17-10-15-9-13(19(26)24(2)3)6-7-16(15)21-17/h5-7,9-10,21H,4,8,11H2,1-3H3. The van der Waals surface area contributed by atoms with Crippen molar-refractivity contribution in [3.05, 3.63) is 52.2 Å². The third kappa shape index (κ3) is 3.31. The number of aromatic nitrogens is 3. The van der Waals surface area contributed by atoms with Gasteiger partial charge in [0.1, 0.15) is 4.88 Å². The molecular formula is C20H21N5O2S. The normalized spacial score (nSPS) is 14.2. The summed E-state index contributed by atoms with van der Waals surface area (Å²) >= 11 is 1.14. The van der Waals surface area contributed by atoms with Gasteiger partial charge >= 0.3 is 0 Å². The molecule has 2 aromatic heterocycles. The van der Waals surface area contributed by atoms with Crippen LogP contribution in [-0.2, 0) is 0 Å². The molecule has 0 spiro atoms. The first-order chi connectivity index (χ1) is 13.4. The number of hydrogen-bond donors (Lipinski definition) is 1. The van der Waals surface area contributed by atoms with Gasteiger partial charge in [-0.2, -0.15) is 0 Å². The second kappa shape index (κ2) is 7.20. The molecule has 7 nitrogen and oxygen atoms in total. The van der Waals surface area contributed by atoms with Crippen molar-refractivity contribution in [2.45, 2.75) is 13.3 Å². The summed E-state index contributed by atoms with van der Waals surface area (Å²) in [6.45, 7) is 3.02. The number of hydrogen-bond acceptors (Lipinski definition) is 5. The lowest BCUT2D eigenvalue weighted by atomic mass is 10.1. The van der Waals surface area contributed by atoms with E-state index in [1.165, 1.54) is 0 Å². The number of fused-ring (bicyclic) bond motifs is 1. The zero-order valence-corrected chi connectivity index (χ0v) is 16.8. The van der Waals surface area contributed by atoms with Gasteiger partial charge in [-0.1, -0.05) is 10.6 Å². The summed E-state index contributed by atoms with van der Waals surface area (Å²) in [6.07, 6.45) is 2.96. The van der Waals surface area contributed by atoms with Gasteiger partial charge in [-0.15, -0.1) is 5.10 Å². The van der Waals surface area contributed by atoms with Gasteiger partial charge in [-0.05, 0) is 54.7 Å². The van der Waals surface area contributed by atoms with E-state index < -0.39 is 0 Å². The van der Waals surface area contributed by atoms with Gasteiger partial charge in [-0.3, -0.25) is 9.59 Å².